The number of rotatable bonds is 4. The quantitative estimate of drug-likeness (QED) is 0.566. The van der Waals surface area contributed by atoms with E-state index in [1.807, 2.05) is 0 Å². The molecule has 0 aromatic carbocycles. The monoisotopic (exact) mass is 262 g/mol. The number of fused-ring (bicyclic) bond motifs is 1. The summed E-state index contributed by atoms with van der Waals surface area (Å²) in [5.41, 5.74) is 0.481. The van der Waals surface area contributed by atoms with E-state index in [0.29, 0.717) is 18.2 Å². The summed E-state index contributed by atoms with van der Waals surface area (Å²) in [6.07, 6.45) is 8.78. The van der Waals surface area contributed by atoms with Crippen LogP contribution in [0.4, 0.5) is 4.39 Å². The van der Waals surface area contributed by atoms with Crippen LogP contribution in [0.15, 0.2) is 32.1 Å². The number of nitrogens with zero attached hydrogens (tertiary/aromatic N) is 4. The van der Waals surface area contributed by atoms with Gasteiger partial charge in [-0.05, 0) is 31.6 Å². The van der Waals surface area contributed by atoms with Gasteiger partial charge in [0, 0.05) is 0 Å². The van der Waals surface area contributed by atoms with Gasteiger partial charge < -0.3 is 4.74 Å². The minimum Gasteiger partial charge on any atom is -0.309 e. The maximum atomic E-state index is 14.2. The molecule has 0 saturated carbocycles. The molecule has 0 saturated heterocycles. The number of amidine groups is 1. The van der Waals surface area contributed by atoms with Crippen LogP contribution in [0.5, 0.6) is 0 Å². The van der Waals surface area contributed by atoms with Crippen molar-refractivity contribution in [1.82, 2.24) is 0 Å². The molecule has 2 heterocycles. The third-order valence-corrected chi connectivity index (χ3v) is 3.39. The van der Waals surface area contributed by atoms with E-state index >= 15 is 0 Å². The molecule has 5 nitrogen and oxygen atoms in total. The van der Waals surface area contributed by atoms with Crippen molar-refractivity contribution >= 4 is 24.1 Å². The molecule has 19 heavy (non-hydrogen) atoms. The van der Waals surface area contributed by atoms with Crippen molar-refractivity contribution in [2.24, 2.45) is 25.9 Å². The molecule has 0 amide bonds. The van der Waals surface area contributed by atoms with Gasteiger partial charge in [0.1, 0.15) is 12.1 Å². The first kappa shape index (κ1) is 12.3. The lowest BCUT2D eigenvalue weighted by Crippen LogP contribution is -2.31. The first-order valence-electron chi connectivity index (χ1n) is 6.49. The zero-order valence-electron chi connectivity index (χ0n) is 10.5. The highest BCUT2D eigenvalue weighted by atomic mass is 19.2. The Morgan fingerprint density at radius 1 is 1.42 bits per heavy atom. The average Bonchev–Trinajstić information content (AvgIpc) is 2.87. The van der Waals surface area contributed by atoms with Crippen LogP contribution in [-0.4, -0.2) is 36.8 Å². The fourth-order valence-electron chi connectivity index (χ4n) is 2.29. The Balaban J connectivity index is 1.53. The fraction of sp³-hybridized carbons (Fsp3) is 0.538. The van der Waals surface area contributed by atoms with Crippen LogP contribution in [0.1, 0.15) is 25.7 Å². The molecule has 1 aliphatic carbocycles. The molecule has 0 fully saturated rings. The van der Waals surface area contributed by atoms with Gasteiger partial charge in [0.25, 0.3) is 0 Å². The number of aliphatic imine (C=N–C) groups is 4. The van der Waals surface area contributed by atoms with Crippen molar-refractivity contribution in [2.75, 3.05) is 6.61 Å². The molecule has 0 aromatic heterocycles. The lowest BCUT2D eigenvalue weighted by atomic mass is 9.92. The van der Waals surface area contributed by atoms with E-state index in [0.717, 1.165) is 25.7 Å². The first-order valence-corrected chi connectivity index (χ1v) is 6.49. The van der Waals surface area contributed by atoms with Gasteiger partial charge in [0.05, 0.1) is 12.8 Å². The number of halogens is 1. The van der Waals surface area contributed by atoms with E-state index < -0.39 is 6.10 Å². The molecule has 0 bridgehead atoms. The third-order valence-electron chi connectivity index (χ3n) is 3.39. The van der Waals surface area contributed by atoms with E-state index in [2.05, 4.69) is 32.1 Å². The van der Waals surface area contributed by atoms with E-state index in [-0.39, 0.29) is 5.84 Å². The van der Waals surface area contributed by atoms with Crippen molar-refractivity contribution < 1.29 is 9.13 Å². The highest BCUT2D eigenvalue weighted by molar-refractivity contribution is 6.65. The van der Waals surface area contributed by atoms with Gasteiger partial charge in [-0.15, -0.1) is 0 Å². The molecular weight excluding hydrogens is 247 g/mol. The van der Waals surface area contributed by atoms with Gasteiger partial charge in [-0.1, -0.05) is 12.2 Å². The Hall–Kier alpha value is -1.69. The molecule has 3 rings (SSSR count). The minimum atomic E-state index is -2.33. The van der Waals surface area contributed by atoms with E-state index in [9.17, 15) is 4.39 Å². The summed E-state index contributed by atoms with van der Waals surface area (Å²) in [6, 6.07) is 0. The van der Waals surface area contributed by atoms with Crippen molar-refractivity contribution in [3.63, 3.8) is 0 Å². The lowest BCUT2D eigenvalue weighted by Gasteiger charge is -2.22. The zero-order valence-corrected chi connectivity index (χ0v) is 10.5. The summed E-state index contributed by atoms with van der Waals surface area (Å²) in [6.45, 7) is 0.305. The van der Waals surface area contributed by atoms with Crippen LogP contribution < -0.4 is 0 Å². The van der Waals surface area contributed by atoms with E-state index in [1.165, 1.54) is 12.6 Å². The molecule has 2 unspecified atom stereocenters. The molecule has 0 N–H and O–H groups in total. The molecule has 6 heteroatoms. The predicted molar refractivity (Wildman–Crippen MR) is 72.7 cm³/mol. The van der Waals surface area contributed by atoms with Crippen LogP contribution in [0, 0.1) is 5.92 Å². The maximum absolute atomic E-state index is 14.2. The Bertz CT molecular complexity index is 509. The second kappa shape index (κ2) is 5.13. The second-order valence-electron chi connectivity index (χ2n) is 4.77. The second-order valence-corrected chi connectivity index (χ2v) is 4.77. The number of hydrogen-bond donors (Lipinski definition) is 0. The zero-order chi connectivity index (χ0) is 13.1. The Labute approximate surface area is 110 Å². The number of ether oxygens (including phenoxy) is 1. The smallest absolute Gasteiger partial charge is 0.309 e. The van der Waals surface area contributed by atoms with Crippen LogP contribution in [0.25, 0.3) is 0 Å². The summed E-state index contributed by atoms with van der Waals surface area (Å²) in [5.74, 6) is 0.813. The van der Waals surface area contributed by atoms with Gasteiger partial charge in [0.15, 0.2) is 5.84 Å². The predicted octanol–water partition coefficient (Wildman–Crippen LogP) is 2.30. The summed E-state index contributed by atoms with van der Waals surface area (Å²) in [4.78, 5) is 15.2. The summed E-state index contributed by atoms with van der Waals surface area (Å²) in [5, 5.41) is 0. The lowest BCUT2D eigenvalue weighted by molar-refractivity contribution is -0.133. The van der Waals surface area contributed by atoms with Crippen LogP contribution >= 0.6 is 0 Å². The molecule has 0 aromatic rings. The van der Waals surface area contributed by atoms with Gasteiger partial charge in [-0.2, -0.15) is 9.38 Å². The number of alkyl halides is 1. The van der Waals surface area contributed by atoms with Gasteiger partial charge in [-0.25, -0.2) is 15.0 Å². The summed E-state index contributed by atoms with van der Waals surface area (Å²) < 4.78 is 19.4. The largest absolute Gasteiger partial charge is 0.416 e. The Morgan fingerprint density at radius 3 is 3.21 bits per heavy atom. The molecular formula is C13H15FN4O. The molecule has 100 valence electrons. The first-order chi connectivity index (χ1) is 9.25. The normalized spacial score (nSPS) is 32.2. The van der Waals surface area contributed by atoms with Crippen LogP contribution in [0.2, 0.25) is 0 Å². The minimum absolute atomic E-state index is 0.248. The Morgan fingerprint density at radius 2 is 2.37 bits per heavy atom. The molecule has 3 aliphatic rings. The van der Waals surface area contributed by atoms with Gasteiger partial charge >= 0.3 is 6.10 Å². The standard InChI is InChI=1S/C13H15FN4O/c14-13(17-8-11-12(18-13)16-9-15-11)19-7-6-10-4-2-1-3-5-10/h1-2,8-10H,3-7H2. The van der Waals surface area contributed by atoms with Crippen molar-refractivity contribution in [1.29, 1.82) is 0 Å². The average molecular weight is 262 g/mol. The fourth-order valence-corrected chi connectivity index (χ4v) is 2.29. The number of hydrogen-bond acceptors (Lipinski definition) is 5. The van der Waals surface area contributed by atoms with Crippen molar-refractivity contribution in [3.05, 3.63) is 12.2 Å². The van der Waals surface area contributed by atoms with Crippen molar-refractivity contribution in [3.8, 4) is 0 Å². The molecule has 2 aliphatic heterocycles. The highest BCUT2D eigenvalue weighted by Crippen LogP contribution is 2.25. The molecule has 0 radical (unpaired) electrons. The van der Waals surface area contributed by atoms with Crippen LogP contribution in [-0.2, 0) is 4.74 Å². The van der Waals surface area contributed by atoms with Gasteiger partial charge in [0.2, 0.25) is 0 Å². The third kappa shape index (κ3) is 2.84. The molecule has 2 atom stereocenters. The summed E-state index contributed by atoms with van der Waals surface area (Å²) in [7, 11) is 0. The van der Waals surface area contributed by atoms with Gasteiger partial charge in [-0.3, -0.25) is 0 Å². The van der Waals surface area contributed by atoms with Crippen LogP contribution in [0.3, 0.4) is 0 Å². The number of allylic oxidation sites excluding steroid dienone is 2. The highest BCUT2D eigenvalue weighted by Gasteiger charge is 2.34. The summed E-state index contributed by atoms with van der Waals surface area (Å²) >= 11 is 0. The SMILES string of the molecule is FC1(OCCC2CC=CCC2)N=CC2=NC=NC2=N1. The Kier molecular flexibility index (Phi) is 3.33. The molecule has 0 spiro atoms. The van der Waals surface area contributed by atoms with Crippen molar-refractivity contribution in [2.45, 2.75) is 31.8 Å². The van der Waals surface area contributed by atoms with E-state index in [4.69, 9.17) is 4.74 Å². The topological polar surface area (TPSA) is 58.7 Å². The van der Waals surface area contributed by atoms with E-state index in [1.54, 1.807) is 0 Å². The maximum Gasteiger partial charge on any atom is 0.416 e.